The molecule has 0 aliphatic heterocycles. The molecule has 1 aliphatic carbocycles. The number of pyridine rings is 1. The van der Waals surface area contributed by atoms with Crippen LogP contribution < -0.4 is 5.73 Å². The second kappa shape index (κ2) is 4.17. The minimum atomic E-state index is 0.304. The zero-order valence-corrected chi connectivity index (χ0v) is 11.4. The van der Waals surface area contributed by atoms with E-state index in [0.717, 1.165) is 33.4 Å². The highest BCUT2D eigenvalue weighted by atomic mass is 79.9. The zero-order chi connectivity index (χ0) is 12.7. The molecule has 2 aromatic rings. The molecule has 0 saturated heterocycles. The summed E-state index contributed by atoms with van der Waals surface area (Å²) in [6.45, 7) is 1.99. The lowest BCUT2D eigenvalue weighted by atomic mass is 10.0. The van der Waals surface area contributed by atoms with Crippen LogP contribution in [0.3, 0.4) is 0 Å². The summed E-state index contributed by atoms with van der Waals surface area (Å²) < 4.78 is 0.828. The van der Waals surface area contributed by atoms with Crippen LogP contribution in [0, 0.1) is 6.92 Å². The van der Waals surface area contributed by atoms with E-state index >= 15 is 0 Å². The molecule has 2 aromatic heterocycles. The summed E-state index contributed by atoms with van der Waals surface area (Å²) in [6.07, 6.45) is 6.69. The van der Waals surface area contributed by atoms with Crippen LogP contribution in [0.25, 0.3) is 5.57 Å². The van der Waals surface area contributed by atoms with E-state index in [9.17, 15) is 0 Å². The van der Waals surface area contributed by atoms with Crippen LogP contribution in [-0.2, 0) is 6.42 Å². The Labute approximate surface area is 113 Å². The van der Waals surface area contributed by atoms with Crippen molar-refractivity contribution in [3.63, 3.8) is 0 Å². The van der Waals surface area contributed by atoms with Gasteiger partial charge in [0.25, 0.3) is 0 Å². The summed E-state index contributed by atoms with van der Waals surface area (Å²) >= 11 is 3.40. The lowest BCUT2D eigenvalue weighted by Crippen LogP contribution is -2.01. The van der Waals surface area contributed by atoms with Crippen LogP contribution in [0.5, 0.6) is 0 Å². The van der Waals surface area contributed by atoms with Gasteiger partial charge in [-0.3, -0.25) is 0 Å². The summed E-state index contributed by atoms with van der Waals surface area (Å²) in [5, 5.41) is 0. The standard InChI is InChI=1S/C13H11BrN4/c1-7-5-17-13(15)18-12(7)9-3-2-8-6-16-11(14)4-10(8)9/h3-6H,2H2,1H3,(H2,15,17,18). The molecule has 5 heteroatoms. The molecule has 0 unspecified atom stereocenters. The third-order valence-electron chi connectivity index (χ3n) is 3.01. The van der Waals surface area contributed by atoms with Crippen molar-refractivity contribution in [1.82, 2.24) is 15.0 Å². The molecule has 1 aliphatic rings. The van der Waals surface area contributed by atoms with Gasteiger partial charge in [-0.05, 0) is 52.0 Å². The number of allylic oxidation sites excluding steroid dienone is 1. The Kier molecular flexibility index (Phi) is 2.63. The minimum absolute atomic E-state index is 0.304. The molecular weight excluding hydrogens is 292 g/mol. The summed E-state index contributed by atoms with van der Waals surface area (Å²) in [6, 6.07) is 2.02. The molecule has 3 rings (SSSR count). The normalized spacial score (nSPS) is 13.3. The molecule has 2 N–H and O–H groups in total. The number of aromatic nitrogens is 3. The maximum absolute atomic E-state index is 5.67. The van der Waals surface area contributed by atoms with Crippen molar-refractivity contribution in [1.29, 1.82) is 0 Å². The largest absolute Gasteiger partial charge is 0.368 e. The van der Waals surface area contributed by atoms with Gasteiger partial charge in [0, 0.05) is 18.0 Å². The number of nitrogens with zero attached hydrogens (tertiary/aromatic N) is 3. The number of hydrogen-bond acceptors (Lipinski definition) is 4. The average molecular weight is 303 g/mol. The molecule has 0 saturated carbocycles. The average Bonchev–Trinajstić information content (AvgIpc) is 2.75. The van der Waals surface area contributed by atoms with Gasteiger partial charge in [-0.25, -0.2) is 15.0 Å². The second-order valence-corrected chi connectivity index (χ2v) is 5.06. The summed E-state index contributed by atoms with van der Waals surface area (Å²) in [5.41, 5.74) is 11.1. The first kappa shape index (κ1) is 11.3. The molecule has 90 valence electrons. The van der Waals surface area contributed by atoms with Gasteiger partial charge in [0.1, 0.15) is 4.60 Å². The van der Waals surface area contributed by atoms with Crippen molar-refractivity contribution >= 4 is 27.5 Å². The van der Waals surface area contributed by atoms with Gasteiger partial charge < -0.3 is 5.73 Å². The van der Waals surface area contributed by atoms with E-state index in [2.05, 4.69) is 37.0 Å². The second-order valence-electron chi connectivity index (χ2n) is 4.25. The first-order chi connectivity index (χ1) is 8.65. The van der Waals surface area contributed by atoms with Crippen LogP contribution in [-0.4, -0.2) is 15.0 Å². The summed E-state index contributed by atoms with van der Waals surface area (Å²) in [4.78, 5) is 12.6. The van der Waals surface area contributed by atoms with E-state index in [1.165, 1.54) is 5.56 Å². The smallest absolute Gasteiger partial charge is 0.220 e. The fourth-order valence-electron chi connectivity index (χ4n) is 2.15. The Bertz CT molecular complexity index is 664. The Hall–Kier alpha value is -1.75. The molecule has 18 heavy (non-hydrogen) atoms. The Balaban J connectivity index is 2.16. The van der Waals surface area contributed by atoms with Crippen LogP contribution in [0.4, 0.5) is 5.95 Å². The molecule has 0 radical (unpaired) electrons. The van der Waals surface area contributed by atoms with Crippen LogP contribution in [0.2, 0.25) is 0 Å². The quantitative estimate of drug-likeness (QED) is 0.822. The van der Waals surface area contributed by atoms with Crippen LogP contribution in [0.15, 0.2) is 29.1 Å². The van der Waals surface area contributed by atoms with Crippen molar-refractivity contribution < 1.29 is 0 Å². The number of rotatable bonds is 1. The fraction of sp³-hybridized carbons (Fsp3) is 0.154. The molecule has 4 nitrogen and oxygen atoms in total. The van der Waals surface area contributed by atoms with Gasteiger partial charge in [0.2, 0.25) is 5.95 Å². The van der Waals surface area contributed by atoms with Crippen molar-refractivity contribution in [2.45, 2.75) is 13.3 Å². The third kappa shape index (κ3) is 1.80. The number of nitrogen functional groups attached to an aromatic ring is 1. The van der Waals surface area contributed by atoms with Crippen molar-refractivity contribution in [2.75, 3.05) is 5.73 Å². The highest BCUT2D eigenvalue weighted by Crippen LogP contribution is 2.34. The highest BCUT2D eigenvalue weighted by molar-refractivity contribution is 9.10. The Morgan fingerprint density at radius 1 is 1.28 bits per heavy atom. The van der Waals surface area contributed by atoms with E-state index in [0.29, 0.717) is 5.95 Å². The maximum Gasteiger partial charge on any atom is 0.220 e. The molecular formula is C13H11BrN4. The van der Waals surface area contributed by atoms with E-state index in [1.807, 2.05) is 19.2 Å². The van der Waals surface area contributed by atoms with Gasteiger partial charge in [0.15, 0.2) is 0 Å². The number of nitrogens with two attached hydrogens (primary N) is 1. The molecule has 2 heterocycles. The van der Waals surface area contributed by atoms with E-state index in [4.69, 9.17) is 5.73 Å². The van der Waals surface area contributed by atoms with Crippen LogP contribution in [0.1, 0.15) is 22.4 Å². The van der Waals surface area contributed by atoms with Gasteiger partial charge in [-0.15, -0.1) is 0 Å². The molecule has 0 bridgehead atoms. The molecule has 0 atom stereocenters. The predicted octanol–water partition coefficient (Wildman–Crippen LogP) is 2.51. The first-order valence-electron chi connectivity index (χ1n) is 5.59. The third-order valence-corrected chi connectivity index (χ3v) is 3.45. The highest BCUT2D eigenvalue weighted by Gasteiger charge is 2.19. The van der Waals surface area contributed by atoms with E-state index < -0.39 is 0 Å². The first-order valence-corrected chi connectivity index (χ1v) is 6.39. The van der Waals surface area contributed by atoms with Gasteiger partial charge in [-0.2, -0.15) is 0 Å². The number of aryl methyl sites for hydroxylation is 1. The van der Waals surface area contributed by atoms with E-state index in [1.54, 1.807) is 6.20 Å². The molecule has 0 spiro atoms. The van der Waals surface area contributed by atoms with Crippen molar-refractivity contribution in [3.05, 3.63) is 51.5 Å². The number of fused-ring (bicyclic) bond motifs is 1. The zero-order valence-electron chi connectivity index (χ0n) is 9.81. The summed E-state index contributed by atoms with van der Waals surface area (Å²) in [5.74, 6) is 0.304. The molecule has 0 fully saturated rings. The van der Waals surface area contributed by atoms with E-state index in [-0.39, 0.29) is 0 Å². The SMILES string of the molecule is Cc1cnc(N)nc1C1=CCc2cnc(Br)cc21. The van der Waals surface area contributed by atoms with Gasteiger partial charge >= 0.3 is 0 Å². The predicted molar refractivity (Wildman–Crippen MR) is 73.9 cm³/mol. The lowest BCUT2D eigenvalue weighted by molar-refractivity contribution is 1.12. The fourth-order valence-corrected chi connectivity index (χ4v) is 2.48. The van der Waals surface area contributed by atoms with Gasteiger partial charge in [0.05, 0.1) is 5.69 Å². The Morgan fingerprint density at radius 2 is 2.11 bits per heavy atom. The molecule has 0 amide bonds. The topological polar surface area (TPSA) is 64.7 Å². The van der Waals surface area contributed by atoms with Crippen molar-refractivity contribution in [3.8, 4) is 0 Å². The number of halogens is 1. The monoisotopic (exact) mass is 302 g/mol. The lowest BCUT2D eigenvalue weighted by Gasteiger charge is -2.08. The van der Waals surface area contributed by atoms with Crippen molar-refractivity contribution in [2.24, 2.45) is 0 Å². The van der Waals surface area contributed by atoms with Crippen LogP contribution >= 0.6 is 15.9 Å². The number of anilines is 1. The number of hydrogen-bond donors (Lipinski definition) is 1. The van der Waals surface area contributed by atoms with Gasteiger partial charge in [-0.1, -0.05) is 6.08 Å². The molecule has 0 aromatic carbocycles. The Morgan fingerprint density at radius 3 is 2.94 bits per heavy atom. The summed E-state index contributed by atoms with van der Waals surface area (Å²) in [7, 11) is 0. The maximum atomic E-state index is 5.67. The minimum Gasteiger partial charge on any atom is -0.368 e.